The van der Waals surface area contributed by atoms with Gasteiger partial charge in [0.2, 0.25) is 0 Å². The van der Waals surface area contributed by atoms with Crippen molar-refractivity contribution in [3.05, 3.63) is 46.2 Å². The Hall–Kier alpha value is -1.56. The second kappa shape index (κ2) is 9.77. The van der Waals surface area contributed by atoms with Crippen molar-refractivity contribution in [3.8, 4) is 5.75 Å². The number of aryl methyl sites for hydroxylation is 2. The minimum absolute atomic E-state index is 0.0376. The standard InChI is InChI=1S/C22H31ClN2O3/c1-5-16(6-2)14-27-20-9-7-18(23)12-17(20)13-25-15(3)11-19(24-25)8-10-21-22(26-4)28-21/h7,9,11-12,16,21-22H,5-6,8,10,13-14H2,1-4H3. The largest absolute Gasteiger partial charge is 0.493 e. The number of nitrogens with zero attached hydrogens (tertiary/aromatic N) is 2. The molecule has 1 fully saturated rings. The molecule has 5 nitrogen and oxygen atoms in total. The molecule has 0 amide bonds. The first kappa shape index (κ1) is 21.2. The van der Waals surface area contributed by atoms with Crippen LogP contribution in [0.4, 0.5) is 0 Å². The van der Waals surface area contributed by atoms with E-state index in [1.165, 1.54) is 0 Å². The molecule has 0 radical (unpaired) electrons. The summed E-state index contributed by atoms with van der Waals surface area (Å²) in [5, 5.41) is 5.49. The van der Waals surface area contributed by atoms with E-state index in [0.717, 1.165) is 55.0 Å². The number of epoxide rings is 1. The summed E-state index contributed by atoms with van der Waals surface area (Å²) in [6.45, 7) is 7.86. The van der Waals surface area contributed by atoms with E-state index in [2.05, 4.69) is 26.8 Å². The molecule has 0 saturated carbocycles. The minimum Gasteiger partial charge on any atom is -0.493 e. The van der Waals surface area contributed by atoms with Gasteiger partial charge in [-0.2, -0.15) is 5.10 Å². The van der Waals surface area contributed by atoms with Crippen LogP contribution in [0.25, 0.3) is 0 Å². The summed E-state index contributed by atoms with van der Waals surface area (Å²) in [5.41, 5.74) is 3.26. The van der Waals surface area contributed by atoms with Crippen molar-refractivity contribution in [2.45, 2.75) is 65.4 Å². The summed E-state index contributed by atoms with van der Waals surface area (Å²) in [6.07, 6.45) is 4.21. The molecule has 1 aliphatic heterocycles. The zero-order valence-corrected chi connectivity index (χ0v) is 18.0. The number of aromatic nitrogens is 2. The maximum atomic E-state index is 6.25. The molecule has 1 aliphatic rings. The molecule has 2 unspecified atom stereocenters. The van der Waals surface area contributed by atoms with E-state index >= 15 is 0 Å². The summed E-state index contributed by atoms with van der Waals surface area (Å²) in [4.78, 5) is 0. The van der Waals surface area contributed by atoms with Gasteiger partial charge in [0, 0.05) is 23.4 Å². The van der Waals surface area contributed by atoms with Crippen molar-refractivity contribution in [1.29, 1.82) is 0 Å². The van der Waals surface area contributed by atoms with Gasteiger partial charge in [0.1, 0.15) is 11.9 Å². The second-order valence-electron chi connectivity index (χ2n) is 7.50. The molecule has 1 saturated heterocycles. The Morgan fingerprint density at radius 3 is 2.71 bits per heavy atom. The van der Waals surface area contributed by atoms with Crippen LogP contribution >= 0.6 is 11.6 Å². The molecule has 2 aromatic rings. The topological polar surface area (TPSA) is 48.8 Å². The first-order valence-corrected chi connectivity index (χ1v) is 10.5. The first-order chi connectivity index (χ1) is 13.5. The Kier molecular flexibility index (Phi) is 7.38. The third-order valence-electron chi connectivity index (χ3n) is 5.46. The molecule has 0 bridgehead atoms. The molecule has 1 aromatic heterocycles. The maximum Gasteiger partial charge on any atom is 0.184 e. The Morgan fingerprint density at radius 2 is 2.04 bits per heavy atom. The average molecular weight is 407 g/mol. The van der Waals surface area contributed by atoms with Crippen molar-refractivity contribution in [2.75, 3.05) is 13.7 Å². The van der Waals surface area contributed by atoms with Gasteiger partial charge in [-0.1, -0.05) is 38.3 Å². The zero-order valence-electron chi connectivity index (χ0n) is 17.3. The summed E-state index contributed by atoms with van der Waals surface area (Å²) < 4.78 is 18.8. The third-order valence-corrected chi connectivity index (χ3v) is 5.69. The molecule has 2 atom stereocenters. The van der Waals surface area contributed by atoms with Gasteiger partial charge in [-0.3, -0.25) is 4.68 Å². The van der Waals surface area contributed by atoms with Crippen molar-refractivity contribution < 1.29 is 14.2 Å². The van der Waals surface area contributed by atoms with Gasteiger partial charge in [-0.15, -0.1) is 0 Å². The van der Waals surface area contributed by atoms with Gasteiger partial charge in [-0.05, 0) is 49.9 Å². The number of hydrogen-bond donors (Lipinski definition) is 0. The lowest BCUT2D eigenvalue weighted by molar-refractivity contribution is 0.0950. The maximum absolute atomic E-state index is 6.25. The third kappa shape index (κ3) is 5.49. The molecule has 0 aliphatic carbocycles. The lowest BCUT2D eigenvalue weighted by Crippen LogP contribution is -2.12. The monoisotopic (exact) mass is 406 g/mol. The van der Waals surface area contributed by atoms with E-state index in [9.17, 15) is 0 Å². The zero-order chi connectivity index (χ0) is 20.1. The van der Waals surface area contributed by atoms with E-state index in [-0.39, 0.29) is 12.4 Å². The van der Waals surface area contributed by atoms with Crippen LogP contribution in [0.2, 0.25) is 5.02 Å². The highest BCUT2D eigenvalue weighted by Gasteiger charge is 2.38. The predicted molar refractivity (Wildman–Crippen MR) is 111 cm³/mol. The lowest BCUT2D eigenvalue weighted by Gasteiger charge is -2.17. The molecular weight excluding hydrogens is 376 g/mol. The molecule has 2 heterocycles. The summed E-state index contributed by atoms with van der Waals surface area (Å²) in [5.74, 6) is 1.46. The van der Waals surface area contributed by atoms with Gasteiger partial charge in [0.15, 0.2) is 6.29 Å². The van der Waals surface area contributed by atoms with Gasteiger partial charge in [-0.25, -0.2) is 0 Å². The highest BCUT2D eigenvalue weighted by atomic mass is 35.5. The van der Waals surface area contributed by atoms with Crippen LogP contribution in [-0.4, -0.2) is 35.9 Å². The Morgan fingerprint density at radius 1 is 1.25 bits per heavy atom. The summed E-state index contributed by atoms with van der Waals surface area (Å²) >= 11 is 6.25. The number of methoxy groups -OCH3 is 1. The predicted octanol–water partition coefficient (Wildman–Crippen LogP) is 5.01. The van der Waals surface area contributed by atoms with Gasteiger partial charge in [0.25, 0.3) is 0 Å². The molecular formula is C22H31ClN2O3. The van der Waals surface area contributed by atoms with Crippen LogP contribution in [0.15, 0.2) is 24.3 Å². The van der Waals surface area contributed by atoms with Crippen LogP contribution in [-0.2, 0) is 22.4 Å². The molecule has 1 aromatic carbocycles. The number of ether oxygens (including phenoxy) is 3. The van der Waals surface area contributed by atoms with Crippen molar-refractivity contribution in [3.63, 3.8) is 0 Å². The number of hydrogen-bond acceptors (Lipinski definition) is 4. The number of halogens is 1. The molecule has 3 rings (SSSR count). The first-order valence-electron chi connectivity index (χ1n) is 10.2. The van der Waals surface area contributed by atoms with Crippen LogP contribution in [0.1, 0.15) is 50.1 Å². The van der Waals surface area contributed by atoms with Gasteiger partial charge < -0.3 is 14.2 Å². The summed E-state index contributed by atoms with van der Waals surface area (Å²) in [6, 6.07) is 7.97. The molecule has 154 valence electrons. The Bertz CT molecular complexity index is 773. The van der Waals surface area contributed by atoms with E-state index in [1.54, 1.807) is 7.11 Å². The van der Waals surface area contributed by atoms with Gasteiger partial charge in [0.05, 0.1) is 18.8 Å². The minimum atomic E-state index is -0.0376. The van der Waals surface area contributed by atoms with Crippen LogP contribution in [0.5, 0.6) is 5.75 Å². The van der Waals surface area contributed by atoms with E-state index in [1.807, 2.05) is 22.9 Å². The summed E-state index contributed by atoms with van der Waals surface area (Å²) in [7, 11) is 1.68. The van der Waals surface area contributed by atoms with Crippen molar-refractivity contribution in [2.24, 2.45) is 5.92 Å². The molecule has 28 heavy (non-hydrogen) atoms. The lowest BCUT2D eigenvalue weighted by atomic mass is 10.1. The molecule has 0 spiro atoms. The van der Waals surface area contributed by atoms with Gasteiger partial charge >= 0.3 is 0 Å². The van der Waals surface area contributed by atoms with E-state index < -0.39 is 0 Å². The SMILES string of the molecule is CCC(CC)COc1ccc(Cl)cc1Cn1nc(CCC2OC2OC)cc1C. The van der Waals surface area contributed by atoms with Crippen molar-refractivity contribution >= 4 is 11.6 Å². The van der Waals surface area contributed by atoms with Crippen molar-refractivity contribution in [1.82, 2.24) is 9.78 Å². The van der Waals surface area contributed by atoms with Crippen LogP contribution < -0.4 is 4.74 Å². The van der Waals surface area contributed by atoms with Crippen LogP contribution in [0, 0.1) is 12.8 Å². The quantitative estimate of drug-likeness (QED) is 0.492. The van der Waals surface area contributed by atoms with E-state index in [4.69, 9.17) is 30.9 Å². The van der Waals surface area contributed by atoms with E-state index in [0.29, 0.717) is 17.5 Å². The highest BCUT2D eigenvalue weighted by molar-refractivity contribution is 6.30. The Labute approximate surface area is 172 Å². The number of benzene rings is 1. The second-order valence-corrected chi connectivity index (χ2v) is 7.93. The smallest absolute Gasteiger partial charge is 0.184 e. The highest BCUT2D eigenvalue weighted by Crippen LogP contribution is 2.28. The number of rotatable bonds is 11. The fourth-order valence-corrected chi connectivity index (χ4v) is 3.59. The molecule has 6 heteroatoms. The average Bonchev–Trinajstić information content (AvgIpc) is 3.37. The normalized spacial score (nSPS) is 18.6. The molecule has 0 N–H and O–H groups in total. The Balaban J connectivity index is 1.66. The van der Waals surface area contributed by atoms with Crippen LogP contribution in [0.3, 0.4) is 0 Å². The fraction of sp³-hybridized carbons (Fsp3) is 0.591. The fourth-order valence-electron chi connectivity index (χ4n) is 3.39.